The first-order chi connectivity index (χ1) is 9.97. The van der Waals surface area contributed by atoms with Gasteiger partial charge < -0.3 is 10.2 Å². The first-order valence-corrected chi connectivity index (χ1v) is 6.93. The Balaban J connectivity index is 1.72. The lowest BCUT2D eigenvalue weighted by Gasteiger charge is -2.35. The van der Waals surface area contributed by atoms with Crippen LogP contribution in [0.2, 0.25) is 0 Å². The molecule has 21 heavy (non-hydrogen) atoms. The minimum atomic E-state index is -4.31. The highest BCUT2D eigenvalue weighted by Gasteiger charge is 2.39. The first-order valence-electron chi connectivity index (χ1n) is 6.93. The Kier molecular flexibility index (Phi) is 3.52. The number of amides is 1. The monoisotopic (exact) mass is 299 g/mol. The summed E-state index contributed by atoms with van der Waals surface area (Å²) < 4.78 is 37.8. The van der Waals surface area contributed by atoms with Crippen LogP contribution in [0.4, 0.5) is 18.9 Å². The Morgan fingerprint density at radius 3 is 2.52 bits per heavy atom. The number of anilines is 1. The molecular weight excluding hydrogens is 283 g/mol. The lowest BCUT2D eigenvalue weighted by Crippen LogP contribution is -2.53. The normalized spacial score (nSPS) is 19.3. The molecule has 1 aromatic carbocycles. The number of benzene rings is 1. The second-order valence-corrected chi connectivity index (χ2v) is 5.26. The van der Waals surface area contributed by atoms with E-state index in [1.165, 1.54) is 4.90 Å². The summed E-state index contributed by atoms with van der Waals surface area (Å²) in [6.07, 6.45) is -3.44. The summed E-state index contributed by atoms with van der Waals surface area (Å²) in [5, 5.41) is 3.18. The average molecular weight is 299 g/mol. The van der Waals surface area contributed by atoms with Gasteiger partial charge in [0.05, 0.1) is 11.3 Å². The number of carbonyl (C=O) groups excluding carboxylic acids is 1. The molecule has 1 N–H and O–H groups in total. The Hall–Kier alpha value is -1.76. The summed E-state index contributed by atoms with van der Waals surface area (Å²) in [5.41, 5.74) is 2.49. The Bertz CT molecular complexity index is 551. The number of hydrogen-bond acceptors (Lipinski definition) is 3. The van der Waals surface area contributed by atoms with Crippen molar-refractivity contribution in [2.45, 2.75) is 12.7 Å². The second kappa shape index (κ2) is 5.22. The molecule has 0 aromatic heterocycles. The van der Waals surface area contributed by atoms with Crippen LogP contribution in [0.3, 0.4) is 0 Å². The standard InChI is InChI=1S/C14H16F3N3O/c15-14(16,17)20-8-6-19(7-9-20)13(21)11-3-1-2-10-4-5-18-12(10)11/h1-3,18H,4-9H2. The molecular formula is C14H16F3N3O. The van der Waals surface area contributed by atoms with Gasteiger partial charge in [0.1, 0.15) is 0 Å². The molecule has 0 saturated carbocycles. The lowest BCUT2D eigenvalue weighted by molar-refractivity contribution is -0.251. The molecule has 1 aromatic rings. The highest BCUT2D eigenvalue weighted by molar-refractivity contribution is 6.00. The molecule has 4 nitrogen and oxygen atoms in total. The number of carbonyl (C=O) groups is 1. The zero-order valence-corrected chi connectivity index (χ0v) is 11.4. The van der Waals surface area contributed by atoms with Crippen LogP contribution in [0.1, 0.15) is 15.9 Å². The van der Waals surface area contributed by atoms with Gasteiger partial charge in [-0.3, -0.25) is 4.79 Å². The highest BCUT2D eigenvalue weighted by atomic mass is 19.4. The van der Waals surface area contributed by atoms with Crippen molar-refractivity contribution in [2.75, 3.05) is 38.0 Å². The van der Waals surface area contributed by atoms with Crippen molar-refractivity contribution in [1.82, 2.24) is 9.80 Å². The molecule has 3 rings (SSSR count). The average Bonchev–Trinajstić information content (AvgIpc) is 2.94. The van der Waals surface area contributed by atoms with Gasteiger partial charge in [-0.1, -0.05) is 12.1 Å². The molecule has 1 fully saturated rings. The minimum Gasteiger partial charge on any atom is -0.384 e. The van der Waals surface area contributed by atoms with E-state index in [0.29, 0.717) is 10.5 Å². The number of nitrogens with zero attached hydrogens (tertiary/aromatic N) is 2. The van der Waals surface area contributed by atoms with Gasteiger partial charge in [-0.25, -0.2) is 4.90 Å². The molecule has 0 aliphatic carbocycles. The van der Waals surface area contributed by atoms with E-state index in [0.717, 1.165) is 24.2 Å². The Labute approximate surface area is 120 Å². The molecule has 1 amide bonds. The smallest absolute Gasteiger partial charge is 0.384 e. The number of alkyl halides is 3. The van der Waals surface area contributed by atoms with Crippen LogP contribution in [-0.2, 0) is 6.42 Å². The summed E-state index contributed by atoms with van der Waals surface area (Å²) in [6, 6.07) is 5.52. The van der Waals surface area contributed by atoms with Gasteiger partial charge in [-0.05, 0) is 18.1 Å². The Morgan fingerprint density at radius 2 is 1.86 bits per heavy atom. The molecule has 0 unspecified atom stereocenters. The van der Waals surface area contributed by atoms with Crippen LogP contribution < -0.4 is 5.32 Å². The molecule has 1 saturated heterocycles. The third-order valence-electron chi connectivity index (χ3n) is 4.00. The van der Waals surface area contributed by atoms with Gasteiger partial charge in [0.25, 0.3) is 5.91 Å². The number of para-hydroxylation sites is 1. The molecule has 2 heterocycles. The summed E-state index contributed by atoms with van der Waals surface area (Å²) in [6.45, 7) is 0.654. The molecule has 0 atom stereocenters. The number of hydrogen-bond donors (Lipinski definition) is 1. The molecule has 0 radical (unpaired) electrons. The fraction of sp³-hybridized carbons (Fsp3) is 0.500. The van der Waals surface area contributed by atoms with Gasteiger partial charge >= 0.3 is 6.30 Å². The summed E-state index contributed by atoms with van der Waals surface area (Å²) in [4.78, 5) is 14.4. The molecule has 7 heteroatoms. The zero-order chi connectivity index (χ0) is 15.0. The van der Waals surface area contributed by atoms with Gasteiger partial charge in [0, 0.05) is 32.7 Å². The van der Waals surface area contributed by atoms with Crippen LogP contribution in [0.25, 0.3) is 0 Å². The van der Waals surface area contributed by atoms with E-state index >= 15 is 0 Å². The van der Waals surface area contributed by atoms with E-state index < -0.39 is 6.30 Å². The minimum absolute atomic E-state index is 0.0992. The number of fused-ring (bicyclic) bond motifs is 1. The van der Waals surface area contributed by atoms with Crippen LogP contribution >= 0.6 is 0 Å². The van der Waals surface area contributed by atoms with Crippen molar-refractivity contribution < 1.29 is 18.0 Å². The van der Waals surface area contributed by atoms with Crippen LogP contribution in [0.5, 0.6) is 0 Å². The van der Waals surface area contributed by atoms with E-state index in [1.807, 2.05) is 12.1 Å². The third kappa shape index (κ3) is 2.70. The molecule has 114 valence electrons. The molecule has 2 aliphatic heterocycles. The van der Waals surface area contributed by atoms with Crippen LogP contribution in [0, 0.1) is 0 Å². The fourth-order valence-corrected chi connectivity index (χ4v) is 2.85. The number of rotatable bonds is 1. The van der Waals surface area contributed by atoms with Crippen LogP contribution in [-0.4, -0.2) is 54.7 Å². The summed E-state index contributed by atoms with van der Waals surface area (Å²) >= 11 is 0. The van der Waals surface area contributed by atoms with Crippen molar-refractivity contribution in [2.24, 2.45) is 0 Å². The van der Waals surface area contributed by atoms with E-state index in [2.05, 4.69) is 5.32 Å². The van der Waals surface area contributed by atoms with Gasteiger partial charge in [-0.15, -0.1) is 0 Å². The summed E-state index contributed by atoms with van der Waals surface area (Å²) in [5.74, 6) is -0.192. The number of nitrogens with one attached hydrogen (secondary N) is 1. The topological polar surface area (TPSA) is 35.6 Å². The van der Waals surface area contributed by atoms with Crippen molar-refractivity contribution in [3.8, 4) is 0 Å². The van der Waals surface area contributed by atoms with Gasteiger partial charge in [0.2, 0.25) is 0 Å². The van der Waals surface area contributed by atoms with E-state index in [-0.39, 0.29) is 32.1 Å². The lowest BCUT2D eigenvalue weighted by atomic mass is 10.1. The molecule has 0 spiro atoms. The third-order valence-corrected chi connectivity index (χ3v) is 4.00. The SMILES string of the molecule is O=C(c1cccc2c1NCC2)N1CCN(C(F)(F)F)CC1. The zero-order valence-electron chi connectivity index (χ0n) is 11.4. The number of halogens is 3. The fourth-order valence-electron chi connectivity index (χ4n) is 2.85. The predicted molar refractivity (Wildman–Crippen MR) is 72.2 cm³/mol. The van der Waals surface area contributed by atoms with Crippen molar-refractivity contribution in [1.29, 1.82) is 0 Å². The predicted octanol–water partition coefficient (Wildman–Crippen LogP) is 1.93. The van der Waals surface area contributed by atoms with Gasteiger partial charge in [-0.2, -0.15) is 13.2 Å². The maximum absolute atomic E-state index is 12.6. The maximum atomic E-state index is 12.6. The highest BCUT2D eigenvalue weighted by Crippen LogP contribution is 2.28. The molecule has 2 aliphatic rings. The van der Waals surface area contributed by atoms with Crippen LogP contribution in [0.15, 0.2) is 18.2 Å². The molecule has 0 bridgehead atoms. The van der Waals surface area contributed by atoms with E-state index in [1.54, 1.807) is 6.07 Å². The first kappa shape index (κ1) is 14.2. The Morgan fingerprint density at radius 1 is 1.14 bits per heavy atom. The van der Waals surface area contributed by atoms with Crippen molar-refractivity contribution >= 4 is 11.6 Å². The summed E-state index contributed by atoms with van der Waals surface area (Å²) in [7, 11) is 0. The quantitative estimate of drug-likeness (QED) is 0.805. The van der Waals surface area contributed by atoms with Crippen molar-refractivity contribution in [3.05, 3.63) is 29.3 Å². The van der Waals surface area contributed by atoms with Gasteiger partial charge in [0.15, 0.2) is 0 Å². The maximum Gasteiger partial charge on any atom is 0.460 e. The van der Waals surface area contributed by atoms with Crippen molar-refractivity contribution in [3.63, 3.8) is 0 Å². The number of piperazine rings is 1. The van der Waals surface area contributed by atoms with E-state index in [9.17, 15) is 18.0 Å². The van der Waals surface area contributed by atoms with E-state index in [4.69, 9.17) is 0 Å². The largest absolute Gasteiger partial charge is 0.460 e. The second-order valence-electron chi connectivity index (χ2n) is 5.26.